The van der Waals surface area contributed by atoms with E-state index in [1.807, 2.05) is 41.5 Å². The van der Waals surface area contributed by atoms with E-state index in [2.05, 4.69) is 19.6 Å². The first-order valence-corrected chi connectivity index (χ1v) is 5.03. The van der Waals surface area contributed by atoms with Crippen LogP contribution in [0.4, 0.5) is 0 Å². The third kappa shape index (κ3) is 12.2. The first kappa shape index (κ1) is 17.5. The minimum atomic E-state index is 1.10. The van der Waals surface area contributed by atoms with Crippen molar-refractivity contribution in [1.29, 1.82) is 0 Å². The molecule has 0 aromatic carbocycles. The smallest absolute Gasteiger partial charge is 0.0308 e. The van der Waals surface area contributed by atoms with Gasteiger partial charge in [0.2, 0.25) is 0 Å². The van der Waals surface area contributed by atoms with Crippen LogP contribution in [0.1, 0.15) is 54.9 Å². The van der Waals surface area contributed by atoms with E-state index in [9.17, 15) is 0 Å². The van der Waals surface area contributed by atoms with Crippen molar-refractivity contribution in [3.63, 3.8) is 0 Å². The third-order valence-electron chi connectivity index (χ3n) is 1.28. The quantitative estimate of drug-likeness (QED) is 0.513. The highest BCUT2D eigenvalue weighted by molar-refractivity contribution is 5.24. The van der Waals surface area contributed by atoms with Crippen LogP contribution in [0.5, 0.6) is 0 Å². The zero-order chi connectivity index (χ0) is 10.6. The molecule has 0 aliphatic heterocycles. The summed E-state index contributed by atoms with van der Waals surface area (Å²) in [7, 11) is 0. The average molecular weight is 170 g/mol. The van der Waals surface area contributed by atoms with Gasteiger partial charge in [0.15, 0.2) is 0 Å². The molecular formula is C12H26. The van der Waals surface area contributed by atoms with Gasteiger partial charge in [0.25, 0.3) is 0 Å². The molecule has 0 fully saturated rings. The number of hydrogen-bond acceptors (Lipinski definition) is 0. The van der Waals surface area contributed by atoms with E-state index in [4.69, 9.17) is 0 Å². The fourth-order valence-electron chi connectivity index (χ4n) is 0.752. The third-order valence-corrected chi connectivity index (χ3v) is 1.28. The van der Waals surface area contributed by atoms with Crippen molar-refractivity contribution in [1.82, 2.24) is 0 Å². The monoisotopic (exact) mass is 170 g/mol. The molecule has 0 spiro atoms. The van der Waals surface area contributed by atoms with Crippen LogP contribution >= 0.6 is 0 Å². The predicted molar refractivity (Wildman–Crippen MR) is 61.6 cm³/mol. The summed E-state index contributed by atoms with van der Waals surface area (Å²) in [5, 5.41) is 0. The molecule has 0 nitrogen and oxygen atoms in total. The Hall–Kier alpha value is -0.520. The van der Waals surface area contributed by atoms with Gasteiger partial charge >= 0.3 is 0 Å². The fraction of sp³-hybridized carbons (Fsp3) is 0.667. The topological polar surface area (TPSA) is 0 Å². The Kier molecular flexibility index (Phi) is 24.6. The Morgan fingerprint density at radius 2 is 1.50 bits per heavy atom. The van der Waals surface area contributed by atoms with Gasteiger partial charge in [-0.25, -0.2) is 0 Å². The Labute approximate surface area is 79.4 Å². The second-order valence-electron chi connectivity index (χ2n) is 1.95. The highest BCUT2D eigenvalue weighted by Gasteiger charge is 1.88. The van der Waals surface area contributed by atoms with Crippen molar-refractivity contribution in [2.24, 2.45) is 0 Å². The van der Waals surface area contributed by atoms with Crippen molar-refractivity contribution in [3.05, 3.63) is 23.8 Å². The largest absolute Gasteiger partial charge is 0.0959 e. The van der Waals surface area contributed by atoms with Crippen LogP contribution in [-0.2, 0) is 0 Å². The lowest BCUT2D eigenvalue weighted by Crippen LogP contribution is -1.78. The van der Waals surface area contributed by atoms with Gasteiger partial charge in [0, 0.05) is 0 Å². The van der Waals surface area contributed by atoms with Gasteiger partial charge in [0.05, 0.1) is 0 Å². The predicted octanol–water partition coefficient (Wildman–Crippen LogP) is 4.97. The van der Waals surface area contributed by atoms with Crippen LogP contribution in [0.15, 0.2) is 23.8 Å². The first-order valence-electron chi connectivity index (χ1n) is 5.03. The molecule has 12 heavy (non-hydrogen) atoms. The molecule has 0 N–H and O–H groups in total. The summed E-state index contributed by atoms with van der Waals surface area (Å²) in [5.74, 6) is 0. The van der Waals surface area contributed by atoms with Gasteiger partial charge < -0.3 is 0 Å². The molecule has 0 unspecified atom stereocenters. The molecule has 0 atom stereocenters. The minimum absolute atomic E-state index is 1.10. The van der Waals surface area contributed by atoms with Gasteiger partial charge in [-0.2, -0.15) is 0 Å². The Morgan fingerprint density at radius 1 is 1.17 bits per heavy atom. The second kappa shape index (κ2) is 16.8. The van der Waals surface area contributed by atoms with Crippen LogP contribution in [0.3, 0.4) is 0 Å². The molecule has 0 saturated heterocycles. The molecule has 0 rings (SSSR count). The maximum Gasteiger partial charge on any atom is -0.0308 e. The lowest BCUT2D eigenvalue weighted by atomic mass is 10.1. The Morgan fingerprint density at radius 3 is 1.50 bits per heavy atom. The summed E-state index contributed by atoms with van der Waals surface area (Å²) in [6, 6.07) is 0. The first-order chi connectivity index (χ1) is 5.72. The zero-order valence-corrected chi connectivity index (χ0v) is 9.99. The lowest BCUT2D eigenvalue weighted by Gasteiger charge is -1.98. The van der Waals surface area contributed by atoms with Gasteiger partial charge in [-0.05, 0) is 20.3 Å². The van der Waals surface area contributed by atoms with E-state index in [1.54, 1.807) is 0 Å². The van der Waals surface area contributed by atoms with Gasteiger partial charge in [0.1, 0.15) is 0 Å². The Balaban J connectivity index is -0.000000175. The summed E-state index contributed by atoms with van der Waals surface area (Å²) in [6.45, 7) is 18.1. The number of rotatable bonds is 2. The van der Waals surface area contributed by atoms with Crippen molar-refractivity contribution >= 4 is 0 Å². The van der Waals surface area contributed by atoms with E-state index in [-0.39, 0.29) is 0 Å². The molecule has 0 radical (unpaired) electrons. The van der Waals surface area contributed by atoms with Crippen LogP contribution in [0.2, 0.25) is 0 Å². The van der Waals surface area contributed by atoms with Gasteiger partial charge in [-0.3, -0.25) is 0 Å². The molecule has 74 valence electrons. The molecule has 0 bridgehead atoms. The Bertz CT molecular complexity index is 107. The average Bonchev–Trinajstić information content (AvgIpc) is 2.13. The summed E-state index contributed by atoms with van der Waals surface area (Å²) < 4.78 is 0. The SMILES string of the molecule is C=C(C)/C(=C\C)CC.CC.CC. The summed E-state index contributed by atoms with van der Waals surface area (Å²) in [4.78, 5) is 0. The van der Waals surface area contributed by atoms with Crippen molar-refractivity contribution < 1.29 is 0 Å². The summed E-state index contributed by atoms with van der Waals surface area (Å²) in [6.07, 6.45) is 3.22. The van der Waals surface area contributed by atoms with Gasteiger partial charge in [-0.1, -0.05) is 58.4 Å². The number of allylic oxidation sites excluding steroid dienone is 3. The molecule has 0 aromatic heterocycles. The molecule has 0 aliphatic rings. The molecule has 0 aliphatic carbocycles. The highest BCUT2D eigenvalue weighted by Crippen LogP contribution is 2.09. The summed E-state index contributed by atoms with van der Waals surface area (Å²) >= 11 is 0. The van der Waals surface area contributed by atoms with E-state index in [0.29, 0.717) is 0 Å². The maximum absolute atomic E-state index is 3.83. The molecule has 0 amide bonds. The van der Waals surface area contributed by atoms with Crippen LogP contribution in [0.25, 0.3) is 0 Å². The number of hydrogen-bond donors (Lipinski definition) is 0. The molecule has 0 heterocycles. The van der Waals surface area contributed by atoms with Crippen molar-refractivity contribution in [3.8, 4) is 0 Å². The standard InChI is InChI=1S/C8H14.2C2H6/c1-5-8(6-2)7(3)4;2*1-2/h5H,3,6H2,1-2,4H3;2*1-2H3/b8-5-;;. The van der Waals surface area contributed by atoms with Crippen LogP contribution < -0.4 is 0 Å². The fourth-order valence-corrected chi connectivity index (χ4v) is 0.752. The molecule has 0 aromatic rings. The van der Waals surface area contributed by atoms with E-state index in [1.165, 1.54) is 11.1 Å². The minimum Gasteiger partial charge on any atom is -0.0959 e. The van der Waals surface area contributed by atoms with Crippen molar-refractivity contribution in [2.45, 2.75) is 54.9 Å². The lowest BCUT2D eigenvalue weighted by molar-refractivity contribution is 1.10. The maximum atomic E-state index is 3.83. The summed E-state index contributed by atoms with van der Waals surface area (Å²) in [5.41, 5.74) is 2.56. The molecule has 0 heteroatoms. The normalized spacial score (nSPS) is 8.75. The van der Waals surface area contributed by atoms with E-state index in [0.717, 1.165) is 6.42 Å². The van der Waals surface area contributed by atoms with Crippen LogP contribution in [-0.4, -0.2) is 0 Å². The van der Waals surface area contributed by atoms with Gasteiger partial charge in [-0.15, -0.1) is 0 Å². The van der Waals surface area contributed by atoms with Crippen LogP contribution in [0, 0.1) is 0 Å². The van der Waals surface area contributed by atoms with E-state index < -0.39 is 0 Å². The molecule has 0 saturated carbocycles. The molecular weight excluding hydrogens is 144 g/mol. The van der Waals surface area contributed by atoms with E-state index >= 15 is 0 Å². The highest BCUT2D eigenvalue weighted by atomic mass is 13.9. The van der Waals surface area contributed by atoms with Crippen molar-refractivity contribution in [2.75, 3.05) is 0 Å². The zero-order valence-electron chi connectivity index (χ0n) is 9.99. The second-order valence-corrected chi connectivity index (χ2v) is 1.95.